The Morgan fingerprint density at radius 3 is 2.43 bits per heavy atom. The van der Waals surface area contributed by atoms with Crippen molar-refractivity contribution in [1.29, 1.82) is 0 Å². The van der Waals surface area contributed by atoms with Gasteiger partial charge in [0.2, 0.25) is 5.91 Å². The Labute approximate surface area is 84.0 Å². The van der Waals surface area contributed by atoms with Crippen molar-refractivity contribution >= 4 is 11.9 Å². The quantitative estimate of drug-likeness (QED) is 0.512. The van der Waals surface area contributed by atoms with E-state index < -0.39 is 6.03 Å². The van der Waals surface area contributed by atoms with Crippen molar-refractivity contribution in [2.45, 2.75) is 0 Å². The van der Waals surface area contributed by atoms with E-state index in [0.717, 1.165) is 13.1 Å². The number of nitrogens with zero attached hydrogens (tertiary/aromatic N) is 1. The summed E-state index contributed by atoms with van der Waals surface area (Å²) in [7, 11) is 5.13. The van der Waals surface area contributed by atoms with Crippen LogP contribution in [-0.4, -0.2) is 57.6 Å². The lowest BCUT2D eigenvalue weighted by atomic mass is 10.5. The molecule has 0 heterocycles. The second-order valence-corrected chi connectivity index (χ2v) is 2.97. The van der Waals surface area contributed by atoms with Gasteiger partial charge in [0.25, 0.3) is 0 Å². The monoisotopic (exact) mass is 202 g/mol. The molecule has 0 saturated carbocycles. The van der Waals surface area contributed by atoms with Crippen LogP contribution < -0.4 is 16.0 Å². The van der Waals surface area contributed by atoms with E-state index >= 15 is 0 Å². The zero-order chi connectivity index (χ0) is 11.0. The highest BCUT2D eigenvalue weighted by molar-refractivity contribution is 5.95. The first-order valence-corrected chi connectivity index (χ1v) is 4.45. The van der Waals surface area contributed by atoms with Crippen LogP contribution in [0.3, 0.4) is 0 Å². The van der Waals surface area contributed by atoms with Crippen molar-refractivity contribution in [3.05, 3.63) is 0 Å². The zero-order valence-electron chi connectivity index (χ0n) is 8.89. The highest BCUT2D eigenvalue weighted by Crippen LogP contribution is 1.80. The molecule has 0 aliphatic heterocycles. The highest BCUT2D eigenvalue weighted by atomic mass is 16.2. The largest absolute Gasteiger partial charge is 0.341 e. The summed E-state index contributed by atoms with van der Waals surface area (Å²) in [4.78, 5) is 23.7. The summed E-state index contributed by atoms with van der Waals surface area (Å²) in [5, 5.41) is 7.47. The van der Waals surface area contributed by atoms with E-state index in [9.17, 15) is 9.59 Å². The van der Waals surface area contributed by atoms with Gasteiger partial charge in [-0.1, -0.05) is 0 Å². The number of nitrogens with one attached hydrogen (secondary N) is 3. The molecule has 0 aliphatic carbocycles. The van der Waals surface area contributed by atoms with Gasteiger partial charge in [0.05, 0.1) is 6.54 Å². The molecule has 82 valence electrons. The molecule has 3 N–H and O–H groups in total. The number of carbonyl (C=O) groups is 2. The van der Waals surface area contributed by atoms with Gasteiger partial charge in [0, 0.05) is 20.1 Å². The Balaban J connectivity index is 3.65. The Kier molecular flexibility index (Phi) is 6.69. The number of amides is 3. The average molecular weight is 202 g/mol. The predicted octanol–water partition coefficient (Wildman–Crippen LogP) is -1.41. The molecule has 0 aromatic carbocycles. The van der Waals surface area contributed by atoms with Crippen LogP contribution in [0.5, 0.6) is 0 Å². The third-order valence-corrected chi connectivity index (χ3v) is 1.64. The number of imide groups is 1. The molecule has 0 radical (unpaired) electrons. The topological polar surface area (TPSA) is 73.5 Å². The molecule has 0 aliphatic rings. The lowest BCUT2D eigenvalue weighted by Gasteiger charge is -2.15. The van der Waals surface area contributed by atoms with E-state index in [1.807, 2.05) is 19.0 Å². The van der Waals surface area contributed by atoms with E-state index in [-0.39, 0.29) is 12.5 Å². The fourth-order valence-electron chi connectivity index (χ4n) is 0.856. The van der Waals surface area contributed by atoms with Gasteiger partial charge >= 0.3 is 6.03 Å². The van der Waals surface area contributed by atoms with Crippen LogP contribution in [0.2, 0.25) is 0 Å². The van der Waals surface area contributed by atoms with Crippen LogP contribution in [0, 0.1) is 0 Å². The molecule has 6 nitrogen and oxygen atoms in total. The van der Waals surface area contributed by atoms with Gasteiger partial charge in [-0.2, -0.15) is 0 Å². The van der Waals surface area contributed by atoms with E-state index in [1.165, 1.54) is 7.05 Å². The molecule has 0 spiro atoms. The van der Waals surface area contributed by atoms with Gasteiger partial charge in [-0.25, -0.2) is 4.79 Å². The SMILES string of the molecule is CNCCN(C)CC(=O)NC(=O)NC. The van der Waals surface area contributed by atoms with Crippen molar-refractivity contribution in [2.24, 2.45) is 0 Å². The summed E-state index contributed by atoms with van der Waals surface area (Å²) in [5.41, 5.74) is 0. The zero-order valence-corrected chi connectivity index (χ0v) is 8.89. The molecule has 0 aromatic heterocycles. The lowest BCUT2D eigenvalue weighted by Crippen LogP contribution is -2.43. The Morgan fingerprint density at radius 2 is 1.93 bits per heavy atom. The molecule has 0 atom stereocenters. The summed E-state index contributed by atoms with van der Waals surface area (Å²) in [6, 6.07) is -0.475. The van der Waals surface area contributed by atoms with Crippen LogP contribution in [0.25, 0.3) is 0 Å². The second-order valence-electron chi connectivity index (χ2n) is 2.97. The molecule has 0 rings (SSSR count). The highest BCUT2D eigenvalue weighted by Gasteiger charge is 2.08. The number of likely N-dealkylation sites (N-methyl/N-ethyl adjacent to an activating group) is 2. The minimum absolute atomic E-state index is 0.217. The average Bonchev–Trinajstić information content (AvgIpc) is 2.14. The number of hydrogen-bond acceptors (Lipinski definition) is 4. The number of rotatable bonds is 5. The Morgan fingerprint density at radius 1 is 1.29 bits per heavy atom. The van der Waals surface area contributed by atoms with E-state index in [4.69, 9.17) is 0 Å². The van der Waals surface area contributed by atoms with Crippen molar-refractivity contribution < 1.29 is 9.59 Å². The lowest BCUT2D eigenvalue weighted by molar-refractivity contribution is -0.120. The van der Waals surface area contributed by atoms with Gasteiger partial charge in [0.15, 0.2) is 0 Å². The van der Waals surface area contributed by atoms with Crippen molar-refractivity contribution in [3.63, 3.8) is 0 Å². The Hall–Kier alpha value is -1.14. The minimum Gasteiger partial charge on any atom is -0.341 e. The van der Waals surface area contributed by atoms with E-state index in [2.05, 4.69) is 16.0 Å². The summed E-state index contributed by atoms with van der Waals surface area (Å²) in [6.07, 6.45) is 0. The minimum atomic E-state index is -0.475. The molecule has 6 heteroatoms. The first kappa shape index (κ1) is 12.9. The van der Waals surface area contributed by atoms with Gasteiger partial charge in [0.1, 0.15) is 0 Å². The van der Waals surface area contributed by atoms with Crippen molar-refractivity contribution in [1.82, 2.24) is 20.9 Å². The maximum atomic E-state index is 11.2. The molecular weight excluding hydrogens is 184 g/mol. The van der Waals surface area contributed by atoms with Crippen LogP contribution >= 0.6 is 0 Å². The third-order valence-electron chi connectivity index (χ3n) is 1.64. The van der Waals surface area contributed by atoms with E-state index in [1.54, 1.807) is 0 Å². The molecule has 0 saturated heterocycles. The number of hydrogen-bond donors (Lipinski definition) is 3. The van der Waals surface area contributed by atoms with Crippen LogP contribution in [0.15, 0.2) is 0 Å². The molecule has 0 aromatic rings. The van der Waals surface area contributed by atoms with Crippen molar-refractivity contribution in [2.75, 3.05) is 40.8 Å². The normalized spacial score (nSPS) is 10.0. The van der Waals surface area contributed by atoms with Gasteiger partial charge in [-0.05, 0) is 14.1 Å². The van der Waals surface area contributed by atoms with Gasteiger partial charge in [-0.15, -0.1) is 0 Å². The third kappa shape index (κ3) is 6.38. The summed E-state index contributed by atoms with van der Waals surface area (Å²) in [5.74, 6) is -0.303. The molecule has 3 amide bonds. The molecule has 0 fully saturated rings. The van der Waals surface area contributed by atoms with Crippen LogP contribution in [0.4, 0.5) is 4.79 Å². The molecule has 0 unspecified atom stereocenters. The maximum absolute atomic E-state index is 11.2. The standard InChI is InChI=1S/C8H18N4O2/c1-9-4-5-12(3)6-7(13)11-8(14)10-2/h9H,4-6H2,1-3H3,(H2,10,11,13,14). The number of urea groups is 1. The first-order chi connectivity index (χ1) is 6.60. The fraction of sp³-hybridized carbons (Fsp3) is 0.750. The van der Waals surface area contributed by atoms with Crippen molar-refractivity contribution in [3.8, 4) is 0 Å². The first-order valence-electron chi connectivity index (χ1n) is 4.45. The molecule has 14 heavy (non-hydrogen) atoms. The maximum Gasteiger partial charge on any atom is 0.321 e. The smallest absolute Gasteiger partial charge is 0.321 e. The van der Waals surface area contributed by atoms with E-state index in [0.29, 0.717) is 0 Å². The van der Waals surface area contributed by atoms with Gasteiger partial charge in [-0.3, -0.25) is 15.0 Å². The summed E-state index contributed by atoms with van der Waals surface area (Å²) >= 11 is 0. The second kappa shape index (κ2) is 7.28. The summed E-state index contributed by atoms with van der Waals surface area (Å²) in [6.45, 7) is 1.79. The molecular formula is C8H18N4O2. The molecule has 0 bridgehead atoms. The van der Waals surface area contributed by atoms with Crippen LogP contribution in [0.1, 0.15) is 0 Å². The number of carbonyl (C=O) groups excluding carboxylic acids is 2. The predicted molar refractivity (Wildman–Crippen MR) is 54.0 cm³/mol. The summed E-state index contributed by atoms with van der Waals surface area (Å²) < 4.78 is 0. The fourth-order valence-corrected chi connectivity index (χ4v) is 0.856. The van der Waals surface area contributed by atoms with Gasteiger partial charge < -0.3 is 10.6 Å². The van der Waals surface area contributed by atoms with Crippen LogP contribution in [-0.2, 0) is 4.79 Å². The Bertz CT molecular complexity index is 196.